The van der Waals surface area contributed by atoms with E-state index < -0.39 is 22.0 Å². The number of carbonyl (C=O) groups excluding carboxylic acids is 2. The summed E-state index contributed by atoms with van der Waals surface area (Å²) in [7, 11) is -4.12. The maximum Gasteiger partial charge on any atom is 0.268 e. The van der Waals surface area contributed by atoms with Gasteiger partial charge in [-0.2, -0.15) is 5.10 Å². The molecule has 0 fully saturated rings. The lowest BCUT2D eigenvalue weighted by atomic mass is 10.2. The number of aryl methyl sites for hydroxylation is 1. The molecular formula is C16H18N4O5S. The number of benzene rings is 1. The first kappa shape index (κ1) is 17.9. The number of aromatic nitrogens is 2. The number of hydrogen-bond acceptors (Lipinski definition) is 6. The van der Waals surface area contributed by atoms with Gasteiger partial charge in [0.2, 0.25) is 0 Å². The van der Waals surface area contributed by atoms with Crippen LogP contribution in [0.2, 0.25) is 0 Å². The molecule has 0 radical (unpaired) electrons. The number of rotatable bonds is 5. The number of nitrogens with zero attached hydrogens (tertiary/aromatic N) is 2. The minimum absolute atomic E-state index is 0.135. The van der Waals surface area contributed by atoms with Crippen LogP contribution in [0.1, 0.15) is 30.6 Å². The second-order valence-corrected chi connectivity index (χ2v) is 7.36. The molecule has 26 heavy (non-hydrogen) atoms. The predicted molar refractivity (Wildman–Crippen MR) is 92.3 cm³/mol. The molecule has 1 aromatic carbocycles. The Hall–Kier alpha value is -2.88. The highest BCUT2D eigenvalue weighted by atomic mass is 32.2. The van der Waals surface area contributed by atoms with E-state index in [0.717, 1.165) is 0 Å². The zero-order valence-electron chi connectivity index (χ0n) is 14.2. The number of sulfonamides is 1. The van der Waals surface area contributed by atoms with Crippen molar-refractivity contribution < 1.29 is 22.7 Å². The van der Waals surface area contributed by atoms with Gasteiger partial charge in [0.25, 0.3) is 21.8 Å². The summed E-state index contributed by atoms with van der Waals surface area (Å²) in [6.07, 6.45) is 2.63. The van der Waals surface area contributed by atoms with Crippen molar-refractivity contribution in [3.63, 3.8) is 0 Å². The fraction of sp³-hybridized carbons (Fsp3) is 0.312. The van der Waals surface area contributed by atoms with Gasteiger partial charge >= 0.3 is 0 Å². The second-order valence-electron chi connectivity index (χ2n) is 5.68. The number of anilines is 1. The number of amides is 2. The highest BCUT2D eigenvalue weighted by molar-refractivity contribution is 7.90. The first-order valence-electron chi connectivity index (χ1n) is 8.05. The van der Waals surface area contributed by atoms with Crippen molar-refractivity contribution in [3.8, 4) is 5.75 Å². The fourth-order valence-corrected chi connectivity index (χ4v) is 3.46. The Bertz CT molecular complexity index is 967. The van der Waals surface area contributed by atoms with E-state index in [1.165, 1.54) is 35.3 Å². The molecule has 2 amide bonds. The summed E-state index contributed by atoms with van der Waals surface area (Å²) < 4.78 is 34.0. The molecule has 138 valence electrons. The largest absolute Gasteiger partial charge is 0.478 e. The molecule has 3 rings (SSSR count). The topological polar surface area (TPSA) is 119 Å². The minimum Gasteiger partial charge on any atom is -0.478 e. The summed E-state index contributed by atoms with van der Waals surface area (Å²) in [6, 6.07) is 4.02. The van der Waals surface area contributed by atoms with E-state index in [0.29, 0.717) is 18.7 Å². The molecule has 2 heterocycles. The van der Waals surface area contributed by atoms with E-state index in [2.05, 4.69) is 10.4 Å². The van der Waals surface area contributed by atoms with Crippen LogP contribution in [0.4, 0.5) is 5.69 Å². The van der Waals surface area contributed by atoms with Crippen molar-refractivity contribution >= 4 is 27.5 Å². The standard InChI is InChI=1S/C16H18N4O5S/c1-3-13-16(22)18-12-7-11(5-6-14(12)25-13)26(23,24)19-15(21)10-8-17-20(4-2)9-10/h5-9,13H,3-4H2,1-2H3,(H,18,22)(H,19,21)/t13-/m1/s1. The van der Waals surface area contributed by atoms with E-state index in [1.54, 1.807) is 0 Å². The van der Waals surface area contributed by atoms with Gasteiger partial charge in [0.05, 0.1) is 22.3 Å². The molecule has 0 saturated heterocycles. The number of fused-ring (bicyclic) bond motifs is 1. The van der Waals surface area contributed by atoms with Crippen LogP contribution in [0, 0.1) is 0 Å². The predicted octanol–water partition coefficient (Wildman–Crippen LogP) is 1.13. The first-order valence-corrected chi connectivity index (χ1v) is 9.53. The van der Waals surface area contributed by atoms with Gasteiger partial charge in [0.15, 0.2) is 6.10 Å². The van der Waals surface area contributed by atoms with Crippen molar-refractivity contribution in [1.29, 1.82) is 0 Å². The fourth-order valence-electron chi connectivity index (χ4n) is 2.46. The average Bonchev–Trinajstić information content (AvgIpc) is 3.09. The maximum absolute atomic E-state index is 12.5. The molecule has 1 aliphatic rings. The molecule has 0 bridgehead atoms. The van der Waals surface area contributed by atoms with Gasteiger partial charge in [0, 0.05) is 12.7 Å². The lowest BCUT2D eigenvalue weighted by Crippen LogP contribution is -2.36. The minimum atomic E-state index is -4.12. The molecule has 1 aromatic heterocycles. The van der Waals surface area contributed by atoms with Crippen molar-refractivity contribution in [2.75, 3.05) is 5.32 Å². The molecule has 0 spiro atoms. The number of nitrogens with one attached hydrogen (secondary N) is 2. The van der Waals surface area contributed by atoms with Gasteiger partial charge in [-0.05, 0) is 31.5 Å². The lowest BCUT2D eigenvalue weighted by Gasteiger charge is -2.25. The van der Waals surface area contributed by atoms with E-state index >= 15 is 0 Å². The molecule has 10 heteroatoms. The average molecular weight is 378 g/mol. The Morgan fingerprint density at radius 2 is 2.15 bits per heavy atom. The molecule has 9 nitrogen and oxygen atoms in total. The summed E-state index contributed by atoms with van der Waals surface area (Å²) in [5.74, 6) is -0.745. The van der Waals surface area contributed by atoms with Gasteiger partial charge in [0.1, 0.15) is 5.75 Å². The summed E-state index contributed by atoms with van der Waals surface area (Å²) in [5, 5.41) is 6.55. The highest BCUT2D eigenvalue weighted by Crippen LogP contribution is 2.32. The van der Waals surface area contributed by atoms with Crippen LogP contribution < -0.4 is 14.8 Å². The summed E-state index contributed by atoms with van der Waals surface area (Å²) >= 11 is 0. The molecule has 1 aliphatic heterocycles. The molecular weight excluding hydrogens is 360 g/mol. The smallest absolute Gasteiger partial charge is 0.268 e. The maximum atomic E-state index is 12.5. The summed E-state index contributed by atoms with van der Waals surface area (Å²) in [4.78, 5) is 23.9. The third-order valence-corrected chi connectivity index (χ3v) is 5.23. The normalized spacial score (nSPS) is 16.4. The van der Waals surface area contributed by atoms with Crippen LogP contribution in [0.3, 0.4) is 0 Å². The lowest BCUT2D eigenvalue weighted by molar-refractivity contribution is -0.123. The first-order chi connectivity index (χ1) is 12.3. The summed E-state index contributed by atoms with van der Waals surface area (Å²) in [6.45, 7) is 4.21. The molecule has 2 aromatic rings. The Labute approximate surface area is 150 Å². The SMILES string of the molecule is CC[C@H]1Oc2ccc(S(=O)(=O)NC(=O)c3cnn(CC)c3)cc2NC1=O. The van der Waals surface area contributed by atoms with Crippen molar-refractivity contribution in [2.45, 2.75) is 37.8 Å². The van der Waals surface area contributed by atoms with Gasteiger partial charge in [-0.1, -0.05) is 6.92 Å². The van der Waals surface area contributed by atoms with Crippen LogP contribution >= 0.6 is 0 Å². The van der Waals surface area contributed by atoms with Gasteiger partial charge in [-0.3, -0.25) is 14.3 Å². The third-order valence-electron chi connectivity index (χ3n) is 3.90. The van der Waals surface area contributed by atoms with Crippen LogP contribution in [0.25, 0.3) is 0 Å². The molecule has 1 atom stereocenters. The zero-order valence-corrected chi connectivity index (χ0v) is 15.0. The van der Waals surface area contributed by atoms with Crippen molar-refractivity contribution in [2.24, 2.45) is 0 Å². The van der Waals surface area contributed by atoms with Gasteiger partial charge in [-0.25, -0.2) is 13.1 Å². The monoisotopic (exact) mass is 378 g/mol. The van der Waals surface area contributed by atoms with Crippen LogP contribution in [0.5, 0.6) is 5.75 Å². The van der Waals surface area contributed by atoms with Gasteiger partial charge < -0.3 is 10.1 Å². The second kappa shape index (κ2) is 6.79. The summed E-state index contributed by atoms with van der Waals surface area (Å²) in [5.41, 5.74) is 0.379. The number of hydrogen-bond donors (Lipinski definition) is 2. The quantitative estimate of drug-likeness (QED) is 0.805. The number of ether oxygens (including phenoxy) is 1. The van der Waals surface area contributed by atoms with Crippen LogP contribution in [-0.4, -0.2) is 36.1 Å². The molecule has 0 saturated carbocycles. The Balaban J connectivity index is 1.83. The zero-order chi connectivity index (χ0) is 18.9. The molecule has 2 N–H and O–H groups in total. The van der Waals surface area contributed by atoms with Crippen molar-refractivity contribution in [3.05, 3.63) is 36.2 Å². The third kappa shape index (κ3) is 3.40. The highest BCUT2D eigenvalue weighted by Gasteiger charge is 2.28. The van der Waals surface area contributed by atoms with Gasteiger partial charge in [-0.15, -0.1) is 0 Å². The van der Waals surface area contributed by atoms with Crippen LogP contribution in [0.15, 0.2) is 35.5 Å². The molecule has 0 unspecified atom stereocenters. The van der Waals surface area contributed by atoms with E-state index in [1.807, 2.05) is 18.6 Å². The Kier molecular flexibility index (Phi) is 4.68. The van der Waals surface area contributed by atoms with E-state index in [-0.39, 0.29) is 22.1 Å². The van der Waals surface area contributed by atoms with E-state index in [9.17, 15) is 18.0 Å². The number of carbonyl (C=O) groups is 2. The Morgan fingerprint density at radius 1 is 1.38 bits per heavy atom. The van der Waals surface area contributed by atoms with Crippen molar-refractivity contribution in [1.82, 2.24) is 14.5 Å². The van der Waals surface area contributed by atoms with E-state index in [4.69, 9.17) is 4.74 Å². The van der Waals surface area contributed by atoms with Crippen LogP contribution in [-0.2, 0) is 21.4 Å². The molecule has 0 aliphatic carbocycles. The Morgan fingerprint density at radius 3 is 2.81 bits per heavy atom.